The predicted octanol–water partition coefficient (Wildman–Crippen LogP) is 3.71. The van der Waals surface area contributed by atoms with Crippen LogP contribution < -0.4 is 15.5 Å². The molecule has 6 nitrogen and oxygen atoms in total. The van der Waals surface area contributed by atoms with Gasteiger partial charge in [0.2, 0.25) is 5.43 Å². The highest BCUT2D eigenvalue weighted by Gasteiger charge is 2.14. The van der Waals surface area contributed by atoms with Crippen molar-refractivity contribution in [3.63, 3.8) is 0 Å². The Hall–Kier alpha value is -3.12. The van der Waals surface area contributed by atoms with Gasteiger partial charge in [0.15, 0.2) is 5.69 Å². The number of halogens is 1. The average Bonchev–Trinajstić information content (AvgIpc) is 2.68. The molecule has 0 fully saturated rings. The van der Waals surface area contributed by atoms with E-state index in [-0.39, 0.29) is 5.69 Å². The Morgan fingerprint density at radius 3 is 2.56 bits per heavy atom. The summed E-state index contributed by atoms with van der Waals surface area (Å²) >= 11 is 6.06. The monoisotopic (exact) mass is 383 g/mol. The highest BCUT2D eigenvalue weighted by atomic mass is 35.5. The van der Waals surface area contributed by atoms with Crippen LogP contribution in [0.15, 0.2) is 59.5 Å². The summed E-state index contributed by atoms with van der Waals surface area (Å²) in [5, 5.41) is 7.17. The first kappa shape index (κ1) is 18.7. The summed E-state index contributed by atoms with van der Waals surface area (Å²) in [6, 6.07) is 13.9. The summed E-state index contributed by atoms with van der Waals surface area (Å²) < 4.78 is 6.58. The van der Waals surface area contributed by atoms with E-state index in [2.05, 4.69) is 17.3 Å². The number of hydrogen-bond donors (Lipinski definition) is 1. The number of hydrogen-bond acceptors (Lipinski definition) is 4. The Balaban J connectivity index is 1.88. The second-order valence-corrected chi connectivity index (χ2v) is 6.20. The van der Waals surface area contributed by atoms with Gasteiger partial charge in [-0.15, -0.1) is 0 Å². The molecule has 1 N–H and O–H groups in total. The largest absolute Gasteiger partial charge is 0.495 e. The number of amides is 1. The van der Waals surface area contributed by atoms with Gasteiger partial charge in [-0.05, 0) is 42.3 Å². The molecule has 3 aromatic rings. The molecule has 2 aromatic carbocycles. The molecule has 1 heterocycles. The minimum Gasteiger partial charge on any atom is -0.495 e. The summed E-state index contributed by atoms with van der Waals surface area (Å²) in [5.41, 5.74) is 1.72. The number of aromatic nitrogens is 2. The van der Waals surface area contributed by atoms with Gasteiger partial charge in [0, 0.05) is 18.0 Å². The molecule has 0 aliphatic carbocycles. The predicted molar refractivity (Wildman–Crippen MR) is 105 cm³/mol. The van der Waals surface area contributed by atoms with Crippen LogP contribution >= 0.6 is 11.6 Å². The smallest absolute Gasteiger partial charge is 0.280 e. The van der Waals surface area contributed by atoms with Crippen LogP contribution in [0.5, 0.6) is 5.75 Å². The van der Waals surface area contributed by atoms with Crippen molar-refractivity contribution in [3.05, 3.63) is 81.2 Å². The minimum absolute atomic E-state index is 0.205. The second-order valence-electron chi connectivity index (χ2n) is 5.80. The lowest BCUT2D eigenvalue weighted by Gasteiger charge is -2.10. The number of aryl methyl sites for hydroxylation is 1. The molecule has 0 atom stereocenters. The van der Waals surface area contributed by atoms with Crippen LogP contribution in [0, 0.1) is 0 Å². The van der Waals surface area contributed by atoms with Crippen LogP contribution in [0.25, 0.3) is 5.69 Å². The van der Waals surface area contributed by atoms with Crippen molar-refractivity contribution < 1.29 is 9.53 Å². The number of carbonyl (C=O) groups excluding carboxylic acids is 1. The zero-order valence-corrected chi connectivity index (χ0v) is 15.7. The molecule has 3 rings (SSSR count). The van der Waals surface area contributed by atoms with E-state index >= 15 is 0 Å². The third-order valence-electron chi connectivity index (χ3n) is 4.04. The molecular weight excluding hydrogens is 366 g/mol. The van der Waals surface area contributed by atoms with Crippen LogP contribution in [-0.4, -0.2) is 22.8 Å². The third kappa shape index (κ3) is 4.17. The molecule has 0 saturated carbocycles. The molecule has 0 aliphatic heterocycles. The number of carbonyl (C=O) groups is 1. The number of rotatable bonds is 5. The van der Waals surface area contributed by atoms with Crippen molar-refractivity contribution in [1.82, 2.24) is 9.78 Å². The molecule has 1 amide bonds. The number of nitrogens with zero attached hydrogens (tertiary/aromatic N) is 2. The molecule has 0 radical (unpaired) electrons. The summed E-state index contributed by atoms with van der Waals surface area (Å²) in [6.07, 6.45) is 2.46. The van der Waals surface area contributed by atoms with Crippen LogP contribution in [-0.2, 0) is 6.42 Å². The minimum atomic E-state index is -0.610. The fourth-order valence-corrected chi connectivity index (χ4v) is 2.79. The Kier molecular flexibility index (Phi) is 5.57. The lowest BCUT2D eigenvalue weighted by Crippen LogP contribution is -2.25. The Morgan fingerprint density at radius 2 is 1.93 bits per heavy atom. The van der Waals surface area contributed by atoms with Crippen molar-refractivity contribution in [1.29, 1.82) is 0 Å². The zero-order valence-electron chi connectivity index (χ0n) is 14.9. The van der Waals surface area contributed by atoms with Gasteiger partial charge in [-0.3, -0.25) is 9.59 Å². The fourth-order valence-electron chi connectivity index (χ4n) is 2.53. The maximum atomic E-state index is 12.5. The van der Waals surface area contributed by atoms with Crippen molar-refractivity contribution in [2.24, 2.45) is 0 Å². The van der Waals surface area contributed by atoms with E-state index in [1.807, 2.05) is 24.3 Å². The number of ether oxygens (including phenoxy) is 1. The molecule has 0 saturated heterocycles. The van der Waals surface area contributed by atoms with Crippen molar-refractivity contribution >= 4 is 23.2 Å². The van der Waals surface area contributed by atoms with Crippen LogP contribution in [0.1, 0.15) is 23.0 Å². The molecule has 0 spiro atoms. The van der Waals surface area contributed by atoms with Gasteiger partial charge >= 0.3 is 0 Å². The number of benzene rings is 2. The van der Waals surface area contributed by atoms with E-state index in [4.69, 9.17) is 16.3 Å². The molecule has 1 aromatic heterocycles. The summed E-state index contributed by atoms with van der Waals surface area (Å²) in [6.45, 7) is 2.07. The average molecular weight is 384 g/mol. The van der Waals surface area contributed by atoms with Gasteiger partial charge in [-0.1, -0.05) is 30.7 Å². The molecule has 7 heteroatoms. The Bertz CT molecular complexity index is 1030. The quantitative estimate of drug-likeness (QED) is 0.729. The van der Waals surface area contributed by atoms with Gasteiger partial charge in [0.25, 0.3) is 5.91 Å². The molecular formula is C20H18ClN3O3. The first-order valence-corrected chi connectivity index (χ1v) is 8.74. The zero-order chi connectivity index (χ0) is 19.4. The van der Waals surface area contributed by atoms with Crippen molar-refractivity contribution in [2.75, 3.05) is 12.4 Å². The van der Waals surface area contributed by atoms with E-state index in [9.17, 15) is 9.59 Å². The first-order valence-electron chi connectivity index (χ1n) is 8.36. The third-order valence-corrected chi connectivity index (χ3v) is 4.34. The van der Waals surface area contributed by atoms with E-state index in [1.54, 1.807) is 18.2 Å². The first-order chi connectivity index (χ1) is 13.0. The molecule has 0 aliphatic rings. The van der Waals surface area contributed by atoms with Crippen molar-refractivity contribution in [2.45, 2.75) is 13.3 Å². The highest BCUT2D eigenvalue weighted by Crippen LogP contribution is 2.27. The van der Waals surface area contributed by atoms with Gasteiger partial charge in [0.1, 0.15) is 5.75 Å². The van der Waals surface area contributed by atoms with Gasteiger partial charge < -0.3 is 10.1 Å². The molecule has 0 unspecified atom stereocenters. The van der Waals surface area contributed by atoms with Crippen LogP contribution in [0.2, 0.25) is 5.02 Å². The lowest BCUT2D eigenvalue weighted by atomic mass is 10.1. The van der Waals surface area contributed by atoms with E-state index < -0.39 is 11.3 Å². The normalized spacial score (nSPS) is 10.5. The van der Waals surface area contributed by atoms with Crippen LogP contribution in [0.4, 0.5) is 5.69 Å². The van der Waals surface area contributed by atoms with E-state index in [0.717, 1.165) is 12.1 Å². The number of nitrogens with one attached hydrogen (secondary N) is 1. The molecule has 27 heavy (non-hydrogen) atoms. The number of methoxy groups -OCH3 is 1. The molecule has 138 valence electrons. The fraction of sp³-hybridized carbons (Fsp3) is 0.150. The van der Waals surface area contributed by atoms with Crippen molar-refractivity contribution in [3.8, 4) is 11.4 Å². The summed E-state index contributed by atoms with van der Waals surface area (Å²) in [7, 11) is 1.50. The van der Waals surface area contributed by atoms with Crippen LogP contribution in [0.3, 0.4) is 0 Å². The Morgan fingerprint density at radius 1 is 1.19 bits per heavy atom. The topological polar surface area (TPSA) is 73.2 Å². The standard InChI is InChI=1S/C20H18ClN3O3/c1-3-13-4-7-15(8-5-13)24-11-10-17(25)19(23-24)20(26)22-14-6-9-18(27-2)16(21)12-14/h4-12H,3H2,1-2H3,(H,22,26). The van der Waals surface area contributed by atoms with Gasteiger partial charge in [-0.2, -0.15) is 5.10 Å². The maximum absolute atomic E-state index is 12.5. The SMILES string of the molecule is CCc1ccc(-n2ccc(=O)c(C(=O)Nc3ccc(OC)c(Cl)c3)n2)cc1. The summed E-state index contributed by atoms with van der Waals surface area (Å²) in [5.74, 6) is -0.119. The maximum Gasteiger partial charge on any atom is 0.280 e. The van der Waals surface area contributed by atoms with E-state index in [1.165, 1.54) is 29.6 Å². The Labute approximate surface area is 161 Å². The highest BCUT2D eigenvalue weighted by molar-refractivity contribution is 6.32. The van der Waals surface area contributed by atoms with E-state index in [0.29, 0.717) is 16.5 Å². The number of anilines is 1. The lowest BCUT2D eigenvalue weighted by molar-refractivity contribution is 0.101. The summed E-state index contributed by atoms with van der Waals surface area (Å²) in [4.78, 5) is 24.6. The van der Waals surface area contributed by atoms with Gasteiger partial charge in [0.05, 0.1) is 17.8 Å². The second kappa shape index (κ2) is 8.05. The van der Waals surface area contributed by atoms with Gasteiger partial charge in [-0.25, -0.2) is 4.68 Å². The molecule has 0 bridgehead atoms.